The highest BCUT2D eigenvalue weighted by molar-refractivity contribution is 7.90. The maximum Gasteiger partial charge on any atom is 0.461 e. The first-order valence-electron chi connectivity index (χ1n) is 7.46. The molecule has 2 heterocycles. The molecule has 0 aliphatic rings. The first kappa shape index (κ1) is 19.7. The second kappa shape index (κ2) is 7.14. The third-order valence-corrected chi connectivity index (χ3v) is 4.15. The lowest BCUT2D eigenvalue weighted by atomic mass is 10.3. The summed E-state index contributed by atoms with van der Waals surface area (Å²) in [6.45, 7) is 0. The van der Waals surface area contributed by atoms with Crippen molar-refractivity contribution in [3.05, 3.63) is 36.8 Å². The summed E-state index contributed by atoms with van der Waals surface area (Å²) in [5, 5.41) is 2.28. The number of aromatic nitrogens is 4. The van der Waals surface area contributed by atoms with Crippen LogP contribution in [0.2, 0.25) is 0 Å². The fourth-order valence-corrected chi connectivity index (χ4v) is 2.59. The van der Waals surface area contributed by atoms with Crippen LogP contribution in [0.3, 0.4) is 0 Å². The van der Waals surface area contributed by atoms with Crippen molar-refractivity contribution in [1.82, 2.24) is 19.9 Å². The summed E-state index contributed by atoms with van der Waals surface area (Å²) < 4.78 is 78.0. The van der Waals surface area contributed by atoms with Crippen LogP contribution in [-0.4, -0.2) is 47.1 Å². The van der Waals surface area contributed by atoms with E-state index in [2.05, 4.69) is 30.0 Å². The topological polar surface area (TPSA) is 107 Å². The van der Waals surface area contributed by atoms with Crippen LogP contribution in [-0.2, 0) is 9.84 Å². The number of hydrogen-bond donors (Lipinski definition) is 1. The van der Waals surface area contributed by atoms with E-state index in [9.17, 15) is 26.0 Å². The molecule has 2 aromatic heterocycles. The highest BCUT2D eigenvalue weighted by Crippen LogP contribution is 2.30. The normalized spacial score (nSPS) is 12.4. The van der Waals surface area contributed by atoms with Gasteiger partial charge in [0.25, 0.3) is 0 Å². The van der Waals surface area contributed by atoms with E-state index in [0.717, 1.165) is 24.7 Å². The number of sulfone groups is 1. The fourth-order valence-electron chi connectivity index (χ4n) is 2.08. The van der Waals surface area contributed by atoms with Gasteiger partial charge < -0.3 is 10.1 Å². The SMILES string of the molecule is CS(=O)(=O)c1ncc2ncnc(Nc3cccc(OC(F)(F)C(F)F)c3)c2n1. The zero-order valence-electron chi connectivity index (χ0n) is 14.0. The molecule has 0 radical (unpaired) electrons. The van der Waals surface area contributed by atoms with E-state index in [-0.39, 0.29) is 22.5 Å². The number of benzene rings is 1. The number of nitrogens with one attached hydrogen (secondary N) is 1. The quantitative estimate of drug-likeness (QED) is 0.482. The second-order valence-corrected chi connectivity index (χ2v) is 7.41. The molecule has 0 spiro atoms. The van der Waals surface area contributed by atoms with Crippen molar-refractivity contribution in [1.29, 1.82) is 0 Å². The van der Waals surface area contributed by atoms with Gasteiger partial charge in [-0.25, -0.2) is 28.4 Å². The Morgan fingerprint density at radius 1 is 1.18 bits per heavy atom. The van der Waals surface area contributed by atoms with Crippen LogP contribution >= 0.6 is 0 Å². The number of nitrogens with zero attached hydrogens (tertiary/aromatic N) is 4. The van der Waals surface area contributed by atoms with Gasteiger partial charge in [0.1, 0.15) is 23.1 Å². The summed E-state index contributed by atoms with van der Waals surface area (Å²) in [6.07, 6.45) is -5.39. The van der Waals surface area contributed by atoms with Crippen LogP contribution in [0.5, 0.6) is 5.75 Å². The summed E-state index contributed by atoms with van der Waals surface area (Å²) in [5.41, 5.74) is 0.436. The second-order valence-electron chi connectivity index (χ2n) is 5.50. The fraction of sp³-hybridized carbons (Fsp3) is 0.200. The van der Waals surface area contributed by atoms with E-state index >= 15 is 0 Å². The maximum absolute atomic E-state index is 13.1. The minimum Gasteiger partial charge on any atom is -0.428 e. The van der Waals surface area contributed by atoms with Crippen molar-refractivity contribution >= 4 is 32.4 Å². The van der Waals surface area contributed by atoms with E-state index in [1.54, 1.807) is 0 Å². The molecule has 0 fully saturated rings. The smallest absolute Gasteiger partial charge is 0.428 e. The van der Waals surface area contributed by atoms with Crippen LogP contribution < -0.4 is 10.1 Å². The minimum atomic E-state index is -4.65. The molecule has 0 saturated heterocycles. The van der Waals surface area contributed by atoms with Crippen LogP contribution in [0.4, 0.5) is 29.1 Å². The summed E-state index contributed by atoms with van der Waals surface area (Å²) in [6, 6.07) is 4.84. The summed E-state index contributed by atoms with van der Waals surface area (Å²) in [5.74, 6) is -0.463. The lowest BCUT2D eigenvalue weighted by Gasteiger charge is -2.17. The molecule has 148 valence electrons. The monoisotopic (exact) mass is 417 g/mol. The molecular formula is C15H11F4N5O3S. The van der Waals surface area contributed by atoms with E-state index in [4.69, 9.17) is 0 Å². The molecule has 0 atom stereocenters. The molecule has 8 nitrogen and oxygen atoms in total. The van der Waals surface area contributed by atoms with Crippen molar-refractivity contribution in [2.45, 2.75) is 17.7 Å². The number of ether oxygens (including phenoxy) is 1. The predicted octanol–water partition coefficient (Wildman–Crippen LogP) is 2.80. The van der Waals surface area contributed by atoms with Crippen molar-refractivity contribution < 1.29 is 30.7 Å². The standard InChI is InChI=1S/C15H11F4N5O3S/c1-28(25,26)14-20-6-10-11(24-14)12(22-7-21-10)23-8-3-2-4-9(5-8)27-15(18,19)13(16)17/h2-7,13H,1H3,(H,21,22,23). The molecular weight excluding hydrogens is 406 g/mol. The first-order chi connectivity index (χ1) is 13.1. The third-order valence-electron chi connectivity index (χ3n) is 3.29. The van der Waals surface area contributed by atoms with E-state index in [1.807, 2.05) is 0 Å². The van der Waals surface area contributed by atoms with Crippen molar-refractivity contribution in [3.8, 4) is 5.75 Å². The molecule has 28 heavy (non-hydrogen) atoms. The molecule has 3 aromatic rings. The molecule has 0 amide bonds. The van der Waals surface area contributed by atoms with E-state index in [1.165, 1.54) is 18.3 Å². The number of rotatable bonds is 6. The van der Waals surface area contributed by atoms with Gasteiger partial charge in [0, 0.05) is 18.0 Å². The Hall–Kier alpha value is -3.09. The minimum absolute atomic E-state index is 0.0510. The van der Waals surface area contributed by atoms with Gasteiger partial charge in [0.15, 0.2) is 5.82 Å². The third kappa shape index (κ3) is 4.24. The van der Waals surface area contributed by atoms with Gasteiger partial charge in [-0.15, -0.1) is 0 Å². The Balaban J connectivity index is 1.96. The molecule has 0 aliphatic carbocycles. The number of halogens is 4. The molecule has 13 heteroatoms. The zero-order chi connectivity index (χ0) is 20.5. The van der Waals surface area contributed by atoms with Gasteiger partial charge in [-0.1, -0.05) is 6.07 Å². The molecule has 0 saturated carbocycles. The summed E-state index contributed by atoms with van der Waals surface area (Å²) >= 11 is 0. The number of anilines is 2. The van der Waals surface area contributed by atoms with Crippen LogP contribution in [0.25, 0.3) is 11.0 Å². The maximum atomic E-state index is 13.1. The molecule has 3 rings (SSSR count). The number of fused-ring (bicyclic) bond motifs is 1. The number of hydrogen-bond acceptors (Lipinski definition) is 8. The number of alkyl halides is 4. The van der Waals surface area contributed by atoms with Crippen molar-refractivity contribution in [3.63, 3.8) is 0 Å². The van der Waals surface area contributed by atoms with E-state index < -0.39 is 33.3 Å². The van der Waals surface area contributed by atoms with E-state index in [0.29, 0.717) is 0 Å². The lowest BCUT2D eigenvalue weighted by molar-refractivity contribution is -0.253. The average molecular weight is 417 g/mol. The predicted molar refractivity (Wildman–Crippen MR) is 89.5 cm³/mol. The highest BCUT2D eigenvalue weighted by Gasteiger charge is 2.44. The Morgan fingerprint density at radius 2 is 1.93 bits per heavy atom. The van der Waals surface area contributed by atoms with Gasteiger partial charge in [0.2, 0.25) is 15.0 Å². The largest absolute Gasteiger partial charge is 0.461 e. The van der Waals surface area contributed by atoms with Crippen molar-refractivity contribution in [2.75, 3.05) is 11.6 Å². The molecule has 0 bridgehead atoms. The van der Waals surface area contributed by atoms with Gasteiger partial charge in [0.05, 0.1) is 6.20 Å². The zero-order valence-corrected chi connectivity index (χ0v) is 14.8. The molecule has 0 aliphatic heterocycles. The molecule has 0 unspecified atom stereocenters. The van der Waals surface area contributed by atoms with Crippen LogP contribution in [0, 0.1) is 0 Å². The first-order valence-corrected chi connectivity index (χ1v) is 9.35. The van der Waals surface area contributed by atoms with Crippen LogP contribution in [0.1, 0.15) is 0 Å². The van der Waals surface area contributed by atoms with Gasteiger partial charge >= 0.3 is 12.5 Å². The van der Waals surface area contributed by atoms with Gasteiger partial charge in [-0.2, -0.15) is 17.6 Å². The van der Waals surface area contributed by atoms with Crippen LogP contribution in [0.15, 0.2) is 41.9 Å². The van der Waals surface area contributed by atoms with Gasteiger partial charge in [-0.3, -0.25) is 0 Å². The van der Waals surface area contributed by atoms with Crippen molar-refractivity contribution in [2.24, 2.45) is 0 Å². The summed E-state index contributed by atoms with van der Waals surface area (Å²) in [7, 11) is -3.70. The highest BCUT2D eigenvalue weighted by atomic mass is 32.2. The molecule has 1 N–H and O–H groups in total. The Bertz CT molecular complexity index is 1130. The lowest BCUT2D eigenvalue weighted by Crippen LogP contribution is -2.33. The molecule has 1 aromatic carbocycles. The summed E-state index contributed by atoms with van der Waals surface area (Å²) in [4.78, 5) is 15.5. The average Bonchev–Trinajstić information content (AvgIpc) is 2.60. The Labute approximate surface area is 155 Å². The Morgan fingerprint density at radius 3 is 2.61 bits per heavy atom. The van der Waals surface area contributed by atoms with Gasteiger partial charge in [-0.05, 0) is 12.1 Å². The Kier molecular flexibility index (Phi) is 5.02.